The van der Waals surface area contributed by atoms with Crippen molar-refractivity contribution in [2.45, 2.75) is 28.9 Å². The summed E-state index contributed by atoms with van der Waals surface area (Å²) in [5.41, 5.74) is 0.538. The molecule has 0 spiro atoms. The number of alkyl halides is 2. The van der Waals surface area contributed by atoms with Gasteiger partial charge in [0.2, 0.25) is 5.91 Å². The van der Waals surface area contributed by atoms with Crippen LogP contribution >= 0.6 is 11.6 Å². The van der Waals surface area contributed by atoms with Gasteiger partial charge in [0.1, 0.15) is 0 Å². The number of nitrogens with zero attached hydrogens (tertiary/aromatic N) is 3. The van der Waals surface area contributed by atoms with E-state index in [-0.39, 0.29) is 22.8 Å². The molecule has 2 aromatic rings. The lowest BCUT2D eigenvalue weighted by atomic mass is 9.93. The van der Waals surface area contributed by atoms with Crippen molar-refractivity contribution in [2.24, 2.45) is 11.8 Å². The number of likely N-dealkylation sites (tertiary alicyclic amines) is 1. The quantitative estimate of drug-likeness (QED) is 0.713. The van der Waals surface area contributed by atoms with Gasteiger partial charge in [0.15, 0.2) is 9.84 Å². The Hall–Kier alpha value is -2.53. The topological polar surface area (TPSA) is 110 Å². The maximum absolute atomic E-state index is 13.2. The van der Waals surface area contributed by atoms with E-state index in [9.17, 15) is 31.9 Å². The summed E-state index contributed by atoms with van der Waals surface area (Å²) in [6, 6.07) is 5.94. The maximum atomic E-state index is 13.2. The molecule has 1 N–H and O–H groups in total. The summed E-state index contributed by atoms with van der Waals surface area (Å²) in [5.74, 6) is -7.54. The highest BCUT2D eigenvalue weighted by Gasteiger charge is 2.53. The van der Waals surface area contributed by atoms with Crippen LogP contribution in [0.3, 0.4) is 0 Å². The molecule has 31 heavy (non-hydrogen) atoms. The number of aliphatic carboxylic acids is 1. The summed E-state index contributed by atoms with van der Waals surface area (Å²) >= 11 is 6.23. The smallest absolute Gasteiger partial charge is 0.307 e. The van der Waals surface area contributed by atoms with Crippen molar-refractivity contribution >= 4 is 33.3 Å². The Kier molecular flexibility index (Phi) is 5.29. The van der Waals surface area contributed by atoms with Gasteiger partial charge in [-0.3, -0.25) is 9.59 Å². The predicted octanol–water partition coefficient (Wildman–Crippen LogP) is 2.26. The van der Waals surface area contributed by atoms with Crippen LogP contribution < -0.4 is 0 Å². The number of benzene rings is 1. The first-order valence-corrected chi connectivity index (χ1v) is 11.3. The fourth-order valence-electron chi connectivity index (χ4n) is 4.16. The SMILES string of the molecule is O=C(O)[C@@H]1C[C@H](S(=O)(=O)c2ccc(-n3cccn3)cc2Cl)C[C@H]1C(=O)N1CC(F)(F)C1. The van der Waals surface area contributed by atoms with Crippen LogP contribution in [-0.2, 0) is 19.4 Å². The van der Waals surface area contributed by atoms with Gasteiger partial charge in [-0.25, -0.2) is 21.9 Å². The molecule has 2 heterocycles. The van der Waals surface area contributed by atoms with Crippen molar-refractivity contribution in [3.8, 4) is 5.69 Å². The molecule has 8 nitrogen and oxygen atoms in total. The van der Waals surface area contributed by atoms with Gasteiger partial charge in [0.05, 0.1) is 45.8 Å². The number of rotatable bonds is 5. The van der Waals surface area contributed by atoms with Crippen LogP contribution in [0, 0.1) is 11.8 Å². The first-order chi connectivity index (χ1) is 14.5. The number of hydrogen-bond acceptors (Lipinski definition) is 5. The molecule has 1 aromatic carbocycles. The number of carbonyl (C=O) groups is 2. The highest BCUT2D eigenvalue weighted by atomic mass is 35.5. The number of hydrogen-bond donors (Lipinski definition) is 1. The van der Waals surface area contributed by atoms with Gasteiger partial charge in [0, 0.05) is 12.4 Å². The summed E-state index contributed by atoms with van der Waals surface area (Å²) in [4.78, 5) is 25.0. The Labute approximate surface area is 181 Å². The Bertz CT molecular complexity index is 1130. The Morgan fingerprint density at radius 3 is 2.42 bits per heavy atom. The largest absolute Gasteiger partial charge is 0.481 e. The second kappa shape index (κ2) is 7.56. The number of carbonyl (C=O) groups excluding carboxylic acids is 1. The summed E-state index contributed by atoms with van der Waals surface area (Å²) in [7, 11) is -4.07. The number of halogens is 3. The Morgan fingerprint density at radius 1 is 1.19 bits per heavy atom. The summed E-state index contributed by atoms with van der Waals surface area (Å²) < 4.78 is 54.2. The maximum Gasteiger partial charge on any atom is 0.307 e. The lowest BCUT2D eigenvalue weighted by Crippen LogP contribution is -2.60. The second-order valence-corrected chi connectivity index (χ2v) is 10.4. The van der Waals surface area contributed by atoms with E-state index in [2.05, 4.69) is 5.10 Å². The number of carboxylic acid groups (broad SMARTS) is 1. The molecule has 0 unspecified atom stereocenters. The summed E-state index contributed by atoms with van der Waals surface area (Å²) in [6.45, 7) is -1.57. The van der Waals surface area contributed by atoms with Gasteiger partial charge in [-0.2, -0.15) is 5.10 Å². The molecule has 166 valence electrons. The molecule has 2 aliphatic rings. The Balaban J connectivity index is 1.58. The van der Waals surface area contributed by atoms with E-state index in [0.29, 0.717) is 5.69 Å². The van der Waals surface area contributed by atoms with Crippen LogP contribution in [0.4, 0.5) is 8.78 Å². The minimum absolute atomic E-state index is 0.0583. The molecule has 1 aliphatic heterocycles. The van der Waals surface area contributed by atoms with Gasteiger partial charge in [-0.1, -0.05) is 11.6 Å². The second-order valence-electron chi connectivity index (χ2n) is 7.81. The zero-order valence-corrected chi connectivity index (χ0v) is 17.6. The minimum atomic E-state index is -4.07. The van der Waals surface area contributed by atoms with Crippen LogP contribution in [0.5, 0.6) is 0 Å². The van der Waals surface area contributed by atoms with Crippen molar-refractivity contribution in [3.63, 3.8) is 0 Å². The van der Waals surface area contributed by atoms with Crippen LogP contribution in [0.25, 0.3) is 5.69 Å². The molecule has 1 aliphatic carbocycles. The van der Waals surface area contributed by atoms with Gasteiger partial charge >= 0.3 is 5.97 Å². The van der Waals surface area contributed by atoms with Gasteiger partial charge in [-0.05, 0) is 37.1 Å². The molecule has 1 aromatic heterocycles. The van der Waals surface area contributed by atoms with Gasteiger partial charge in [0.25, 0.3) is 5.92 Å². The molecular formula is C19H18ClF2N3O5S. The fourth-order valence-corrected chi connectivity index (χ4v) is 6.52. The van der Waals surface area contributed by atoms with E-state index in [1.54, 1.807) is 18.5 Å². The molecule has 3 atom stereocenters. The number of amides is 1. The monoisotopic (exact) mass is 473 g/mol. The molecule has 0 radical (unpaired) electrons. The van der Waals surface area contributed by atoms with Crippen LogP contribution in [0.2, 0.25) is 5.02 Å². The van der Waals surface area contributed by atoms with Gasteiger partial charge in [-0.15, -0.1) is 0 Å². The lowest BCUT2D eigenvalue weighted by molar-refractivity contribution is -0.172. The standard InChI is InChI=1S/C19H18ClF2N3O5S/c20-15-6-11(25-5-1-4-23-25)2-3-16(15)31(29,30)12-7-13(14(8-12)18(27)28)17(26)24-9-19(21,22)10-24/h1-6,12-14H,7-10H2,(H,27,28)/t12-,13-,14-/m1/s1. The summed E-state index contributed by atoms with van der Waals surface area (Å²) in [6.07, 6.45) is 2.64. The van der Waals surface area contributed by atoms with E-state index in [1.165, 1.54) is 22.9 Å². The van der Waals surface area contributed by atoms with Crippen molar-refractivity contribution in [1.82, 2.24) is 14.7 Å². The molecule has 4 rings (SSSR count). The van der Waals surface area contributed by atoms with Crippen molar-refractivity contribution in [3.05, 3.63) is 41.7 Å². The first-order valence-electron chi connectivity index (χ1n) is 9.42. The average molecular weight is 474 g/mol. The van der Waals surface area contributed by atoms with E-state index < -0.39 is 57.8 Å². The first kappa shape index (κ1) is 21.7. The fraction of sp³-hybridized carbons (Fsp3) is 0.421. The highest BCUT2D eigenvalue weighted by Crippen LogP contribution is 2.42. The van der Waals surface area contributed by atoms with Crippen molar-refractivity contribution in [1.29, 1.82) is 0 Å². The number of carboxylic acids is 1. The van der Waals surface area contributed by atoms with Crippen molar-refractivity contribution in [2.75, 3.05) is 13.1 Å². The van der Waals surface area contributed by atoms with E-state index in [0.717, 1.165) is 4.90 Å². The van der Waals surface area contributed by atoms with E-state index in [4.69, 9.17) is 11.6 Å². The normalized spacial score (nSPS) is 25.3. The molecular weight excluding hydrogens is 456 g/mol. The molecule has 1 amide bonds. The van der Waals surface area contributed by atoms with Crippen LogP contribution in [0.1, 0.15) is 12.8 Å². The van der Waals surface area contributed by atoms with Crippen molar-refractivity contribution < 1.29 is 31.9 Å². The van der Waals surface area contributed by atoms with Crippen LogP contribution in [0.15, 0.2) is 41.6 Å². The Morgan fingerprint density at radius 2 is 1.87 bits per heavy atom. The molecule has 1 saturated heterocycles. The minimum Gasteiger partial charge on any atom is -0.481 e. The third-order valence-corrected chi connectivity index (χ3v) is 8.40. The van der Waals surface area contributed by atoms with Gasteiger partial charge < -0.3 is 10.0 Å². The molecule has 1 saturated carbocycles. The van der Waals surface area contributed by atoms with Crippen LogP contribution in [-0.4, -0.2) is 64.3 Å². The third kappa shape index (κ3) is 3.91. The summed E-state index contributed by atoms with van der Waals surface area (Å²) in [5, 5.41) is 12.3. The zero-order valence-electron chi connectivity index (χ0n) is 16.0. The van der Waals surface area contributed by atoms with E-state index in [1.807, 2.05) is 0 Å². The number of sulfone groups is 1. The lowest BCUT2D eigenvalue weighted by Gasteiger charge is -2.40. The zero-order chi connectivity index (χ0) is 22.6. The molecule has 2 fully saturated rings. The third-order valence-electron chi connectivity index (χ3n) is 5.74. The molecule has 12 heteroatoms. The average Bonchev–Trinajstić information content (AvgIpc) is 3.35. The number of aromatic nitrogens is 2. The van der Waals surface area contributed by atoms with E-state index >= 15 is 0 Å². The molecule has 0 bridgehead atoms. The predicted molar refractivity (Wildman–Crippen MR) is 105 cm³/mol. The highest BCUT2D eigenvalue weighted by molar-refractivity contribution is 7.92.